The average molecular weight is 353 g/mol. The summed E-state index contributed by atoms with van der Waals surface area (Å²) in [6.07, 6.45) is -4.92. The highest BCUT2D eigenvalue weighted by molar-refractivity contribution is 5.89. The lowest BCUT2D eigenvalue weighted by atomic mass is 10.1. The molecule has 0 saturated carbocycles. The Morgan fingerprint density at radius 1 is 1.04 bits per heavy atom. The number of benzene rings is 2. The minimum absolute atomic E-state index is 0.0344. The SMILES string of the molecule is O=C(O)c1ccccc1COc1ccc(CNC(=O)C(F)(F)F)cc1. The van der Waals surface area contributed by atoms with Crippen molar-refractivity contribution < 1.29 is 32.6 Å². The summed E-state index contributed by atoms with van der Waals surface area (Å²) in [6.45, 7) is -0.229. The number of aromatic carboxylic acids is 1. The van der Waals surface area contributed by atoms with Gasteiger partial charge in [-0.3, -0.25) is 4.79 Å². The summed E-state index contributed by atoms with van der Waals surface area (Å²) in [5.74, 6) is -2.64. The second-order valence-electron chi connectivity index (χ2n) is 5.08. The van der Waals surface area contributed by atoms with Gasteiger partial charge in [-0.15, -0.1) is 0 Å². The number of hydrogen-bond donors (Lipinski definition) is 2. The number of halogens is 3. The zero-order valence-electron chi connectivity index (χ0n) is 12.8. The van der Waals surface area contributed by atoms with E-state index in [1.54, 1.807) is 23.5 Å². The van der Waals surface area contributed by atoms with E-state index >= 15 is 0 Å². The number of carbonyl (C=O) groups is 2. The minimum Gasteiger partial charge on any atom is -0.489 e. The lowest BCUT2D eigenvalue weighted by Crippen LogP contribution is -2.36. The maximum absolute atomic E-state index is 12.1. The summed E-state index contributed by atoms with van der Waals surface area (Å²) < 4.78 is 41.8. The summed E-state index contributed by atoms with van der Waals surface area (Å²) in [7, 11) is 0. The highest BCUT2D eigenvalue weighted by atomic mass is 19.4. The number of nitrogens with one attached hydrogen (secondary N) is 1. The first-order chi connectivity index (χ1) is 11.8. The van der Waals surface area contributed by atoms with Crippen LogP contribution in [-0.4, -0.2) is 23.2 Å². The Balaban J connectivity index is 1.93. The molecule has 1 amide bonds. The molecule has 2 aromatic rings. The van der Waals surface area contributed by atoms with E-state index in [1.165, 1.54) is 30.3 Å². The number of carboxylic acid groups (broad SMARTS) is 1. The van der Waals surface area contributed by atoms with Gasteiger partial charge in [0.05, 0.1) is 5.56 Å². The molecule has 0 aliphatic carbocycles. The van der Waals surface area contributed by atoms with Gasteiger partial charge >= 0.3 is 18.1 Å². The molecule has 0 radical (unpaired) electrons. The molecule has 2 aromatic carbocycles. The molecule has 132 valence electrons. The standard InChI is InChI=1S/C17H14F3NO4/c18-17(19,20)16(24)21-9-11-5-7-13(8-6-11)25-10-12-3-1-2-4-14(12)15(22)23/h1-8H,9-10H2,(H,21,24)(H,22,23). The first-order valence-corrected chi connectivity index (χ1v) is 7.15. The van der Waals surface area contributed by atoms with Crippen molar-refractivity contribution in [1.82, 2.24) is 5.32 Å². The maximum Gasteiger partial charge on any atom is 0.471 e. The second-order valence-corrected chi connectivity index (χ2v) is 5.08. The Morgan fingerprint density at radius 3 is 2.28 bits per heavy atom. The average Bonchev–Trinajstić information content (AvgIpc) is 2.58. The highest BCUT2D eigenvalue weighted by Crippen LogP contribution is 2.17. The van der Waals surface area contributed by atoms with Crippen LogP contribution in [0.15, 0.2) is 48.5 Å². The number of carboxylic acids is 1. The quantitative estimate of drug-likeness (QED) is 0.837. The summed E-state index contributed by atoms with van der Waals surface area (Å²) in [4.78, 5) is 21.8. The van der Waals surface area contributed by atoms with Gasteiger partial charge in [-0.25, -0.2) is 4.79 Å². The van der Waals surface area contributed by atoms with E-state index < -0.39 is 18.1 Å². The molecule has 25 heavy (non-hydrogen) atoms. The van der Waals surface area contributed by atoms with Crippen LogP contribution in [0.25, 0.3) is 0 Å². The normalized spacial score (nSPS) is 11.0. The monoisotopic (exact) mass is 353 g/mol. The van der Waals surface area contributed by atoms with E-state index in [4.69, 9.17) is 9.84 Å². The Morgan fingerprint density at radius 2 is 1.68 bits per heavy atom. The predicted octanol–water partition coefficient (Wildman–Crippen LogP) is 3.14. The van der Waals surface area contributed by atoms with Crippen LogP contribution in [0, 0.1) is 0 Å². The van der Waals surface area contributed by atoms with Crippen LogP contribution >= 0.6 is 0 Å². The van der Waals surface area contributed by atoms with Crippen molar-refractivity contribution >= 4 is 11.9 Å². The van der Waals surface area contributed by atoms with E-state index in [9.17, 15) is 22.8 Å². The number of ether oxygens (including phenoxy) is 1. The topological polar surface area (TPSA) is 75.6 Å². The minimum atomic E-state index is -4.92. The van der Waals surface area contributed by atoms with Crippen LogP contribution in [0.3, 0.4) is 0 Å². The summed E-state index contributed by atoms with van der Waals surface area (Å²) >= 11 is 0. The van der Waals surface area contributed by atoms with Gasteiger partial charge in [-0.2, -0.15) is 13.2 Å². The largest absolute Gasteiger partial charge is 0.489 e. The van der Waals surface area contributed by atoms with Crippen molar-refractivity contribution in [3.8, 4) is 5.75 Å². The Labute approximate surface area is 141 Å². The molecule has 0 heterocycles. The molecule has 0 fully saturated rings. The molecule has 2 rings (SSSR count). The van der Waals surface area contributed by atoms with Crippen LogP contribution in [0.4, 0.5) is 13.2 Å². The number of alkyl halides is 3. The van der Waals surface area contributed by atoms with Gasteiger partial charge in [0.25, 0.3) is 0 Å². The molecule has 0 aliphatic heterocycles. The third-order valence-corrected chi connectivity index (χ3v) is 3.28. The molecule has 0 unspecified atom stereocenters. The predicted molar refractivity (Wildman–Crippen MR) is 82.1 cm³/mol. The summed E-state index contributed by atoms with van der Waals surface area (Å²) in [5.41, 5.74) is 1.10. The molecule has 0 atom stereocenters. The Kier molecular flexibility index (Phi) is 5.63. The van der Waals surface area contributed by atoms with Crippen LogP contribution in [0.1, 0.15) is 21.5 Å². The van der Waals surface area contributed by atoms with Gasteiger partial charge in [-0.05, 0) is 23.8 Å². The smallest absolute Gasteiger partial charge is 0.471 e. The van der Waals surface area contributed by atoms with Crippen LogP contribution in [0.2, 0.25) is 0 Å². The maximum atomic E-state index is 12.1. The summed E-state index contributed by atoms with van der Waals surface area (Å²) in [6, 6.07) is 12.5. The van der Waals surface area contributed by atoms with Crippen molar-refractivity contribution in [2.75, 3.05) is 0 Å². The van der Waals surface area contributed by atoms with Gasteiger partial charge < -0.3 is 15.2 Å². The molecular weight excluding hydrogens is 339 g/mol. The lowest BCUT2D eigenvalue weighted by Gasteiger charge is -2.10. The lowest BCUT2D eigenvalue weighted by molar-refractivity contribution is -0.173. The second kappa shape index (κ2) is 7.69. The van der Waals surface area contributed by atoms with Crippen molar-refractivity contribution in [1.29, 1.82) is 0 Å². The first-order valence-electron chi connectivity index (χ1n) is 7.15. The van der Waals surface area contributed by atoms with Crippen LogP contribution < -0.4 is 10.1 Å². The molecule has 0 aliphatic rings. The van der Waals surface area contributed by atoms with Crippen molar-refractivity contribution in [2.45, 2.75) is 19.3 Å². The number of carbonyl (C=O) groups excluding carboxylic acids is 1. The Bertz CT molecular complexity index is 757. The van der Waals surface area contributed by atoms with E-state index in [0.29, 0.717) is 16.9 Å². The number of amides is 1. The number of rotatable bonds is 6. The zero-order valence-corrected chi connectivity index (χ0v) is 12.8. The van der Waals surface area contributed by atoms with Gasteiger partial charge in [0.2, 0.25) is 0 Å². The van der Waals surface area contributed by atoms with Gasteiger partial charge in [0.15, 0.2) is 0 Å². The highest BCUT2D eigenvalue weighted by Gasteiger charge is 2.38. The molecule has 0 spiro atoms. The van der Waals surface area contributed by atoms with Gasteiger partial charge in [0.1, 0.15) is 12.4 Å². The van der Waals surface area contributed by atoms with E-state index in [-0.39, 0.29) is 18.7 Å². The Hall–Kier alpha value is -3.03. The van der Waals surface area contributed by atoms with Gasteiger partial charge in [-0.1, -0.05) is 30.3 Å². The van der Waals surface area contributed by atoms with Crippen molar-refractivity contribution in [2.24, 2.45) is 0 Å². The van der Waals surface area contributed by atoms with E-state index in [1.807, 2.05) is 0 Å². The fourth-order valence-electron chi connectivity index (χ4n) is 2.00. The van der Waals surface area contributed by atoms with Crippen molar-refractivity contribution in [3.63, 3.8) is 0 Å². The van der Waals surface area contributed by atoms with Crippen molar-refractivity contribution in [3.05, 3.63) is 65.2 Å². The molecule has 0 bridgehead atoms. The number of hydrogen-bond acceptors (Lipinski definition) is 3. The molecule has 0 saturated heterocycles. The molecule has 0 aromatic heterocycles. The molecule has 5 nitrogen and oxygen atoms in total. The molecule has 2 N–H and O–H groups in total. The first kappa shape index (κ1) is 18.3. The van der Waals surface area contributed by atoms with Gasteiger partial charge in [0, 0.05) is 12.1 Å². The molecular formula is C17H14F3NO4. The van der Waals surface area contributed by atoms with E-state index in [0.717, 1.165) is 0 Å². The fraction of sp³-hybridized carbons (Fsp3) is 0.176. The third-order valence-electron chi connectivity index (χ3n) is 3.28. The summed E-state index contributed by atoms with van der Waals surface area (Å²) in [5, 5.41) is 10.9. The van der Waals surface area contributed by atoms with E-state index in [2.05, 4.69) is 0 Å². The zero-order chi connectivity index (χ0) is 18.4. The van der Waals surface area contributed by atoms with Crippen LogP contribution in [-0.2, 0) is 17.9 Å². The molecule has 8 heteroatoms. The van der Waals surface area contributed by atoms with Crippen LogP contribution in [0.5, 0.6) is 5.75 Å². The third kappa shape index (κ3) is 5.23. The fourth-order valence-corrected chi connectivity index (χ4v) is 2.00.